The maximum Gasteiger partial charge on any atom is 0.274 e. The summed E-state index contributed by atoms with van der Waals surface area (Å²) in [6.07, 6.45) is 6.95. The minimum atomic E-state index is -0.387. The molecule has 0 radical (unpaired) electrons. The number of nitrogens with one attached hydrogen (secondary N) is 1. The van der Waals surface area contributed by atoms with E-state index >= 15 is 0 Å². The molecule has 0 saturated heterocycles. The van der Waals surface area contributed by atoms with Gasteiger partial charge in [0.15, 0.2) is 5.13 Å². The Hall–Kier alpha value is -2.02. The molecule has 1 amide bonds. The van der Waals surface area contributed by atoms with Gasteiger partial charge in [-0.15, -0.1) is 0 Å². The summed E-state index contributed by atoms with van der Waals surface area (Å²) in [6, 6.07) is 3.28. The molecule has 1 aromatic heterocycles. The average molecular weight is 371 g/mol. The third-order valence-corrected chi connectivity index (χ3v) is 7.58. The van der Waals surface area contributed by atoms with E-state index in [-0.39, 0.29) is 21.9 Å². The first kappa shape index (κ1) is 16.2. The lowest BCUT2D eigenvalue weighted by Gasteiger charge is -2.55. The standard InChI is InChI=1S/C19H21N3O3S/c1-10-2-16-14(6-15(10)22(24)25)20-18(26-16)21-17(23)19-7-11-3-12(8-19)5-13(4-11)9-19/h2,6,11-13H,3-5,7-9H2,1H3,(H,20,21,23). The molecule has 0 aliphatic heterocycles. The van der Waals surface area contributed by atoms with Gasteiger partial charge in [0.1, 0.15) is 0 Å². The summed E-state index contributed by atoms with van der Waals surface area (Å²) in [6.45, 7) is 1.73. The van der Waals surface area contributed by atoms with Crippen LogP contribution in [0, 0.1) is 40.2 Å². The van der Waals surface area contributed by atoms with Crippen LogP contribution < -0.4 is 5.32 Å². The zero-order chi connectivity index (χ0) is 18.1. The van der Waals surface area contributed by atoms with Crippen molar-refractivity contribution in [2.45, 2.75) is 45.4 Å². The molecule has 4 saturated carbocycles. The van der Waals surface area contributed by atoms with Gasteiger partial charge in [-0.3, -0.25) is 14.9 Å². The fourth-order valence-electron chi connectivity index (χ4n) is 5.93. The van der Waals surface area contributed by atoms with Gasteiger partial charge < -0.3 is 5.32 Å². The molecule has 2 aromatic rings. The monoisotopic (exact) mass is 371 g/mol. The van der Waals surface area contributed by atoms with E-state index in [0.29, 0.717) is 34.0 Å². The summed E-state index contributed by atoms with van der Waals surface area (Å²) in [5.41, 5.74) is 1.05. The largest absolute Gasteiger partial charge is 0.301 e. The first-order valence-electron chi connectivity index (χ1n) is 9.29. The van der Waals surface area contributed by atoms with Crippen molar-refractivity contribution < 1.29 is 9.72 Å². The quantitative estimate of drug-likeness (QED) is 0.628. The van der Waals surface area contributed by atoms with Gasteiger partial charge >= 0.3 is 0 Å². The van der Waals surface area contributed by atoms with Crippen LogP contribution in [0.1, 0.15) is 44.1 Å². The van der Waals surface area contributed by atoms with E-state index < -0.39 is 0 Å². The number of hydrogen-bond donors (Lipinski definition) is 1. The number of thiazole rings is 1. The number of nitro groups is 1. The van der Waals surface area contributed by atoms with Crippen molar-refractivity contribution in [2.75, 3.05) is 5.32 Å². The maximum atomic E-state index is 13.1. The SMILES string of the molecule is Cc1cc2sc(NC(=O)C34CC5CC(CC(C5)C3)C4)nc2cc1[N+](=O)[O-]. The number of aromatic nitrogens is 1. The molecule has 26 heavy (non-hydrogen) atoms. The average Bonchev–Trinajstić information content (AvgIpc) is 2.93. The lowest BCUT2D eigenvalue weighted by Crippen LogP contribution is -2.51. The van der Waals surface area contributed by atoms with Gasteiger partial charge in [0.05, 0.1) is 20.6 Å². The Morgan fingerprint density at radius 3 is 2.42 bits per heavy atom. The van der Waals surface area contributed by atoms with Crippen molar-refractivity contribution >= 4 is 38.3 Å². The zero-order valence-corrected chi connectivity index (χ0v) is 15.5. The van der Waals surface area contributed by atoms with Crippen molar-refractivity contribution in [3.63, 3.8) is 0 Å². The smallest absolute Gasteiger partial charge is 0.274 e. The molecular weight excluding hydrogens is 350 g/mol. The Labute approximate surface area is 155 Å². The Kier molecular flexibility index (Phi) is 3.41. The second kappa shape index (κ2) is 5.49. The number of hydrogen-bond acceptors (Lipinski definition) is 5. The van der Waals surface area contributed by atoms with Crippen LogP contribution >= 0.6 is 11.3 Å². The molecule has 7 heteroatoms. The number of nitrogens with zero attached hydrogens (tertiary/aromatic N) is 2. The summed E-state index contributed by atoms with van der Waals surface area (Å²) in [4.78, 5) is 28.3. The number of aryl methyl sites for hydroxylation is 1. The summed E-state index contributed by atoms with van der Waals surface area (Å²) in [5, 5.41) is 14.7. The second-order valence-corrected chi connectivity index (χ2v) is 9.57. The Morgan fingerprint density at radius 1 is 1.23 bits per heavy atom. The molecule has 0 unspecified atom stereocenters. The highest BCUT2D eigenvalue weighted by atomic mass is 32.1. The van der Waals surface area contributed by atoms with Crippen LogP contribution in [0.5, 0.6) is 0 Å². The summed E-state index contributed by atoms with van der Waals surface area (Å²) >= 11 is 1.40. The van der Waals surface area contributed by atoms with E-state index in [1.54, 1.807) is 13.0 Å². The number of fused-ring (bicyclic) bond motifs is 1. The van der Waals surface area contributed by atoms with Gasteiger partial charge in [-0.1, -0.05) is 11.3 Å². The second-order valence-electron chi connectivity index (χ2n) is 8.53. The zero-order valence-electron chi connectivity index (χ0n) is 14.7. The van der Waals surface area contributed by atoms with Gasteiger partial charge in [-0.05, 0) is 69.3 Å². The Bertz CT molecular complexity index is 900. The molecular formula is C19H21N3O3S. The molecule has 6 rings (SSSR count). The van der Waals surface area contributed by atoms with E-state index in [1.165, 1.54) is 36.7 Å². The number of carbonyl (C=O) groups is 1. The third-order valence-electron chi connectivity index (χ3n) is 6.64. The number of anilines is 1. The van der Waals surface area contributed by atoms with E-state index in [4.69, 9.17) is 0 Å². The fraction of sp³-hybridized carbons (Fsp3) is 0.579. The number of amides is 1. The predicted octanol–water partition coefficient (Wildman–Crippen LogP) is 4.67. The van der Waals surface area contributed by atoms with E-state index in [0.717, 1.165) is 24.0 Å². The van der Waals surface area contributed by atoms with Crippen molar-refractivity contribution in [3.8, 4) is 0 Å². The van der Waals surface area contributed by atoms with Crippen LogP contribution in [0.15, 0.2) is 12.1 Å². The number of nitro benzene ring substituents is 1. The lowest BCUT2D eigenvalue weighted by atomic mass is 9.49. The highest BCUT2D eigenvalue weighted by Crippen LogP contribution is 2.60. The van der Waals surface area contributed by atoms with E-state index in [1.807, 2.05) is 0 Å². The van der Waals surface area contributed by atoms with Gasteiger partial charge in [-0.2, -0.15) is 0 Å². The van der Waals surface area contributed by atoms with Crippen LogP contribution in [0.3, 0.4) is 0 Å². The summed E-state index contributed by atoms with van der Waals surface area (Å²) in [5.74, 6) is 2.26. The normalized spacial score (nSPS) is 32.1. The van der Waals surface area contributed by atoms with Gasteiger partial charge in [0.2, 0.25) is 5.91 Å². The van der Waals surface area contributed by atoms with Crippen LogP contribution in [0.25, 0.3) is 10.2 Å². The van der Waals surface area contributed by atoms with Gasteiger partial charge in [0.25, 0.3) is 5.69 Å². The van der Waals surface area contributed by atoms with E-state index in [2.05, 4.69) is 10.3 Å². The first-order valence-corrected chi connectivity index (χ1v) is 10.1. The molecule has 1 N–H and O–H groups in total. The number of rotatable bonds is 3. The van der Waals surface area contributed by atoms with E-state index in [9.17, 15) is 14.9 Å². The molecule has 0 spiro atoms. The molecule has 1 aromatic carbocycles. The Balaban J connectivity index is 1.42. The molecule has 4 bridgehead atoms. The van der Waals surface area contributed by atoms with Gasteiger partial charge in [0, 0.05) is 11.6 Å². The van der Waals surface area contributed by atoms with Crippen LogP contribution in [-0.2, 0) is 4.79 Å². The molecule has 0 atom stereocenters. The number of carbonyl (C=O) groups excluding carboxylic acids is 1. The summed E-state index contributed by atoms with van der Waals surface area (Å²) in [7, 11) is 0. The molecule has 4 aliphatic carbocycles. The highest BCUT2D eigenvalue weighted by molar-refractivity contribution is 7.22. The lowest BCUT2D eigenvalue weighted by molar-refractivity contribution is -0.385. The molecule has 6 nitrogen and oxygen atoms in total. The van der Waals surface area contributed by atoms with Crippen molar-refractivity contribution in [2.24, 2.45) is 23.2 Å². The van der Waals surface area contributed by atoms with Crippen molar-refractivity contribution in [1.29, 1.82) is 0 Å². The fourth-order valence-corrected chi connectivity index (χ4v) is 6.87. The molecule has 1 heterocycles. The highest BCUT2D eigenvalue weighted by Gasteiger charge is 2.54. The van der Waals surface area contributed by atoms with Crippen LogP contribution in [0.4, 0.5) is 10.8 Å². The van der Waals surface area contributed by atoms with Crippen molar-refractivity contribution in [1.82, 2.24) is 4.98 Å². The summed E-state index contributed by atoms with van der Waals surface area (Å²) < 4.78 is 0.869. The minimum absolute atomic E-state index is 0.0711. The number of benzene rings is 1. The van der Waals surface area contributed by atoms with Crippen LogP contribution in [0.2, 0.25) is 0 Å². The third kappa shape index (κ3) is 2.44. The first-order chi connectivity index (χ1) is 12.4. The predicted molar refractivity (Wildman–Crippen MR) is 100 cm³/mol. The topological polar surface area (TPSA) is 85.1 Å². The minimum Gasteiger partial charge on any atom is -0.301 e. The molecule has 136 valence electrons. The molecule has 4 fully saturated rings. The van der Waals surface area contributed by atoms with Gasteiger partial charge in [-0.25, -0.2) is 4.98 Å². The maximum absolute atomic E-state index is 13.1. The molecule has 4 aliphatic rings. The van der Waals surface area contributed by atoms with Crippen LogP contribution in [-0.4, -0.2) is 15.8 Å². The van der Waals surface area contributed by atoms with Crippen molar-refractivity contribution in [3.05, 3.63) is 27.8 Å². The Morgan fingerprint density at radius 2 is 1.85 bits per heavy atom.